The van der Waals surface area contributed by atoms with Gasteiger partial charge in [-0.05, 0) is 44.2 Å². The van der Waals surface area contributed by atoms with Crippen LogP contribution in [0.15, 0.2) is 54.6 Å². The predicted molar refractivity (Wildman–Crippen MR) is 107 cm³/mol. The average molecular weight is 457 g/mol. The Morgan fingerprint density at radius 2 is 1.50 bits per heavy atom. The van der Waals surface area contributed by atoms with E-state index in [0.717, 1.165) is 18.2 Å². The third kappa shape index (κ3) is 5.70. The molecule has 3 rings (SSSR count). The summed E-state index contributed by atoms with van der Waals surface area (Å²) in [5, 5.41) is 9.04. The normalized spacial score (nSPS) is 11.7. The summed E-state index contributed by atoms with van der Waals surface area (Å²) >= 11 is 0. The van der Waals surface area contributed by atoms with Gasteiger partial charge in [-0.3, -0.25) is 0 Å². The molecule has 1 aromatic heterocycles. The van der Waals surface area contributed by atoms with Crippen molar-refractivity contribution in [3.05, 3.63) is 94.0 Å². The molecule has 32 heavy (non-hydrogen) atoms. The standard InChI is InChI=1S/C14H12F3NO2.C8H7F3N/c1-8-7-10(13(19)20)9(2)18(8)12-6-4-3-5-11(12)14(15,16)17;9-8(10,11)7-3-1-6(5-12)2-4-7/h3-7H,1-2H3,(H,19,20);1-4,12H,5H2/q;-1. The van der Waals surface area contributed by atoms with E-state index in [4.69, 9.17) is 10.8 Å². The first kappa shape index (κ1) is 25.0. The Balaban J connectivity index is 0.000000258. The van der Waals surface area contributed by atoms with Crippen LogP contribution >= 0.6 is 0 Å². The van der Waals surface area contributed by atoms with Gasteiger partial charge in [0.25, 0.3) is 0 Å². The lowest BCUT2D eigenvalue weighted by Crippen LogP contribution is -2.12. The van der Waals surface area contributed by atoms with Crippen LogP contribution in [0.1, 0.15) is 38.4 Å². The van der Waals surface area contributed by atoms with Gasteiger partial charge in [0.1, 0.15) is 0 Å². The number of benzene rings is 2. The van der Waals surface area contributed by atoms with Crippen molar-refractivity contribution in [2.24, 2.45) is 0 Å². The Bertz CT molecular complexity index is 1080. The van der Waals surface area contributed by atoms with Gasteiger partial charge in [0.2, 0.25) is 0 Å². The number of alkyl halides is 6. The number of para-hydroxylation sites is 1. The maximum atomic E-state index is 13.0. The molecule has 0 radical (unpaired) electrons. The SMILES string of the molecule is Cc1cc(C(=O)O)c(C)n1-c1ccccc1C(F)(F)F.[NH-]Cc1ccc(C(F)(F)F)cc1. The van der Waals surface area contributed by atoms with E-state index in [0.29, 0.717) is 11.3 Å². The molecule has 0 bridgehead atoms. The summed E-state index contributed by atoms with van der Waals surface area (Å²) in [6, 6.07) is 11.1. The maximum absolute atomic E-state index is 13.0. The lowest BCUT2D eigenvalue weighted by molar-refractivity contribution is -0.138. The number of carboxylic acids is 1. The van der Waals surface area contributed by atoms with Gasteiger partial charge < -0.3 is 15.4 Å². The number of carboxylic acid groups (broad SMARTS) is 1. The number of nitrogens with zero attached hydrogens (tertiary/aromatic N) is 1. The molecule has 10 heteroatoms. The number of rotatable bonds is 3. The van der Waals surface area contributed by atoms with Gasteiger partial charge in [0.05, 0.1) is 22.4 Å². The van der Waals surface area contributed by atoms with Crippen LogP contribution in [0.3, 0.4) is 0 Å². The second-order valence-electron chi connectivity index (χ2n) is 6.81. The van der Waals surface area contributed by atoms with Gasteiger partial charge in [-0.2, -0.15) is 26.3 Å². The van der Waals surface area contributed by atoms with Crippen molar-refractivity contribution in [3.8, 4) is 5.69 Å². The highest BCUT2D eigenvalue weighted by Crippen LogP contribution is 2.35. The number of carbonyl (C=O) groups is 1. The van der Waals surface area contributed by atoms with Crippen LogP contribution in [0.25, 0.3) is 11.4 Å². The van der Waals surface area contributed by atoms with Crippen molar-refractivity contribution in [3.63, 3.8) is 0 Å². The highest BCUT2D eigenvalue weighted by Gasteiger charge is 2.34. The van der Waals surface area contributed by atoms with Crippen LogP contribution in [-0.2, 0) is 18.9 Å². The molecular formula is C22H19F6N2O2-. The van der Waals surface area contributed by atoms with Crippen LogP contribution < -0.4 is 0 Å². The van der Waals surface area contributed by atoms with Gasteiger partial charge in [-0.1, -0.05) is 29.8 Å². The topological polar surface area (TPSA) is 66.0 Å². The summed E-state index contributed by atoms with van der Waals surface area (Å²) in [6.07, 6.45) is -8.77. The van der Waals surface area contributed by atoms with Crippen molar-refractivity contribution < 1.29 is 36.2 Å². The molecule has 0 aliphatic carbocycles. The van der Waals surface area contributed by atoms with Crippen molar-refractivity contribution in [1.82, 2.24) is 4.57 Å². The lowest BCUT2D eigenvalue weighted by Gasteiger charge is -2.16. The molecule has 3 aromatic rings. The fraction of sp³-hybridized carbons (Fsp3) is 0.227. The number of aryl methyl sites for hydroxylation is 1. The highest BCUT2D eigenvalue weighted by atomic mass is 19.4. The maximum Gasteiger partial charge on any atom is 0.418 e. The number of aromatic carboxylic acids is 1. The zero-order chi connectivity index (χ0) is 24.3. The molecule has 2 N–H and O–H groups in total. The minimum atomic E-state index is -4.50. The number of nitrogens with one attached hydrogen (secondary N) is 1. The van der Waals surface area contributed by atoms with Gasteiger partial charge in [-0.25, -0.2) is 4.79 Å². The largest absolute Gasteiger partial charge is 0.674 e. The van der Waals surface area contributed by atoms with Crippen LogP contribution in [-0.4, -0.2) is 15.6 Å². The zero-order valence-corrected chi connectivity index (χ0v) is 17.0. The molecule has 2 aromatic carbocycles. The molecule has 0 spiro atoms. The van der Waals surface area contributed by atoms with Gasteiger partial charge >= 0.3 is 18.3 Å². The number of halogens is 6. The van der Waals surface area contributed by atoms with Gasteiger partial charge in [0, 0.05) is 11.4 Å². The summed E-state index contributed by atoms with van der Waals surface area (Å²) in [5.74, 6) is -1.16. The average Bonchev–Trinajstić information content (AvgIpc) is 3.01. The van der Waals surface area contributed by atoms with Crippen molar-refractivity contribution in [2.45, 2.75) is 32.7 Å². The number of aromatic nitrogens is 1. The van der Waals surface area contributed by atoms with Crippen LogP contribution in [0.2, 0.25) is 0 Å². The second kappa shape index (κ2) is 9.47. The van der Waals surface area contributed by atoms with Crippen LogP contribution in [0, 0.1) is 13.8 Å². The van der Waals surface area contributed by atoms with Crippen LogP contribution in [0.4, 0.5) is 26.3 Å². The molecule has 0 unspecified atom stereocenters. The fourth-order valence-electron chi connectivity index (χ4n) is 3.07. The molecule has 0 aliphatic heterocycles. The Kier molecular flexibility index (Phi) is 7.40. The van der Waals surface area contributed by atoms with E-state index < -0.39 is 29.4 Å². The van der Waals surface area contributed by atoms with Crippen LogP contribution in [0.5, 0.6) is 0 Å². The molecule has 0 amide bonds. The molecule has 0 aliphatic rings. The minimum absolute atomic E-state index is 0.000484. The molecule has 0 saturated carbocycles. The second-order valence-corrected chi connectivity index (χ2v) is 6.81. The summed E-state index contributed by atoms with van der Waals surface area (Å²) < 4.78 is 76.3. The van der Waals surface area contributed by atoms with E-state index in [-0.39, 0.29) is 23.5 Å². The molecule has 172 valence electrons. The number of hydrogen-bond donors (Lipinski definition) is 1. The Morgan fingerprint density at radius 1 is 0.938 bits per heavy atom. The Labute approximate surface area is 179 Å². The molecule has 4 nitrogen and oxygen atoms in total. The molecular weight excluding hydrogens is 438 g/mol. The first-order chi connectivity index (χ1) is 14.8. The third-order valence-corrected chi connectivity index (χ3v) is 4.60. The lowest BCUT2D eigenvalue weighted by atomic mass is 10.1. The summed E-state index contributed by atoms with van der Waals surface area (Å²) in [4.78, 5) is 11.1. The highest BCUT2D eigenvalue weighted by molar-refractivity contribution is 5.89. The minimum Gasteiger partial charge on any atom is -0.674 e. The number of hydrogen-bond acceptors (Lipinski definition) is 1. The summed E-state index contributed by atoms with van der Waals surface area (Å²) in [7, 11) is 0. The Hall–Kier alpha value is -3.27. The van der Waals surface area contributed by atoms with E-state index in [2.05, 4.69) is 0 Å². The van der Waals surface area contributed by atoms with Gasteiger partial charge in [-0.15, -0.1) is 6.54 Å². The predicted octanol–water partition coefficient (Wildman–Crippen LogP) is 7.07. The first-order valence-electron chi connectivity index (χ1n) is 9.17. The van der Waals surface area contributed by atoms with E-state index in [1.807, 2.05) is 0 Å². The van der Waals surface area contributed by atoms with E-state index >= 15 is 0 Å². The van der Waals surface area contributed by atoms with Crippen molar-refractivity contribution >= 4 is 5.97 Å². The first-order valence-corrected chi connectivity index (χ1v) is 9.17. The smallest absolute Gasteiger partial charge is 0.418 e. The molecule has 0 saturated heterocycles. The summed E-state index contributed by atoms with van der Waals surface area (Å²) in [5.41, 5.74) is 6.66. The monoisotopic (exact) mass is 457 g/mol. The quantitative estimate of drug-likeness (QED) is 0.428. The van der Waals surface area contributed by atoms with Crippen molar-refractivity contribution in [2.75, 3.05) is 0 Å². The van der Waals surface area contributed by atoms with E-state index in [9.17, 15) is 31.1 Å². The third-order valence-electron chi connectivity index (χ3n) is 4.60. The molecule has 0 atom stereocenters. The van der Waals surface area contributed by atoms with E-state index in [1.54, 1.807) is 6.92 Å². The van der Waals surface area contributed by atoms with Crippen molar-refractivity contribution in [1.29, 1.82) is 0 Å². The van der Waals surface area contributed by atoms with E-state index in [1.165, 1.54) is 47.9 Å². The summed E-state index contributed by atoms with van der Waals surface area (Å²) in [6.45, 7) is 3.08. The van der Waals surface area contributed by atoms with Gasteiger partial charge in [0.15, 0.2) is 0 Å². The fourth-order valence-corrected chi connectivity index (χ4v) is 3.07. The zero-order valence-electron chi connectivity index (χ0n) is 17.0. The Morgan fingerprint density at radius 3 is 1.94 bits per heavy atom. The molecule has 1 heterocycles. The molecule has 0 fully saturated rings.